The van der Waals surface area contributed by atoms with Gasteiger partial charge in [-0.2, -0.15) is 0 Å². The maximum Gasteiger partial charge on any atom is 0.321 e. The van der Waals surface area contributed by atoms with Crippen LogP contribution in [0.25, 0.3) is 10.8 Å². The first kappa shape index (κ1) is 18.9. The van der Waals surface area contributed by atoms with Gasteiger partial charge in [0.25, 0.3) is 0 Å². The molecule has 2 aromatic carbocycles. The van der Waals surface area contributed by atoms with Gasteiger partial charge in [-0.15, -0.1) is 0 Å². The van der Waals surface area contributed by atoms with Gasteiger partial charge in [0.05, 0.1) is 26.2 Å². The van der Waals surface area contributed by atoms with Crippen molar-refractivity contribution in [2.45, 2.75) is 12.5 Å². The summed E-state index contributed by atoms with van der Waals surface area (Å²) in [5.74, 6) is -1.48. The predicted molar refractivity (Wildman–Crippen MR) is 94.5 cm³/mol. The number of aliphatic carboxylic acids is 1. The van der Waals surface area contributed by atoms with Crippen molar-refractivity contribution in [3.8, 4) is 0 Å². The molecule has 2 rings (SSSR count). The Hall–Kier alpha value is -2.48. The van der Waals surface area contributed by atoms with Crippen molar-refractivity contribution in [1.82, 2.24) is 5.32 Å². The third kappa shape index (κ3) is 6.15. The molecule has 0 aliphatic heterocycles. The molecule has 1 unspecified atom stereocenters. The smallest absolute Gasteiger partial charge is 0.321 e. The minimum Gasteiger partial charge on any atom is -0.480 e. The first-order valence-electron chi connectivity index (χ1n) is 8.03. The maximum absolute atomic E-state index is 12.1. The zero-order chi connectivity index (χ0) is 18.1. The van der Waals surface area contributed by atoms with E-state index in [4.69, 9.17) is 9.84 Å². The van der Waals surface area contributed by atoms with E-state index in [0.717, 1.165) is 10.8 Å². The van der Waals surface area contributed by atoms with Crippen molar-refractivity contribution < 1.29 is 24.5 Å². The van der Waals surface area contributed by atoms with Crippen LogP contribution in [0.4, 0.5) is 5.69 Å². The average Bonchev–Trinajstić information content (AvgIpc) is 2.60. The lowest BCUT2D eigenvalue weighted by Crippen LogP contribution is -2.41. The summed E-state index contributed by atoms with van der Waals surface area (Å²) in [6.07, 6.45) is -0.192. The highest BCUT2D eigenvalue weighted by Crippen LogP contribution is 2.19. The highest BCUT2D eigenvalue weighted by molar-refractivity contribution is 5.96. The molecule has 134 valence electrons. The molecule has 0 fully saturated rings. The monoisotopic (exact) mass is 346 g/mol. The average molecular weight is 346 g/mol. The van der Waals surface area contributed by atoms with Crippen molar-refractivity contribution in [3.05, 3.63) is 42.5 Å². The number of rotatable bonds is 10. The van der Waals surface area contributed by atoms with Crippen molar-refractivity contribution in [1.29, 1.82) is 0 Å². The van der Waals surface area contributed by atoms with E-state index in [1.54, 1.807) is 6.07 Å². The molecular formula is C18H22N2O5. The fourth-order valence-corrected chi connectivity index (χ4v) is 2.38. The molecule has 0 bridgehead atoms. The van der Waals surface area contributed by atoms with E-state index in [1.807, 2.05) is 36.4 Å². The van der Waals surface area contributed by atoms with Gasteiger partial charge in [-0.3, -0.25) is 9.59 Å². The third-order valence-corrected chi connectivity index (χ3v) is 3.59. The van der Waals surface area contributed by atoms with Gasteiger partial charge in [-0.25, -0.2) is 0 Å². The van der Waals surface area contributed by atoms with Crippen molar-refractivity contribution in [2.24, 2.45) is 0 Å². The van der Waals surface area contributed by atoms with Gasteiger partial charge in [0.2, 0.25) is 5.91 Å². The molecular weight excluding hydrogens is 324 g/mol. The van der Waals surface area contributed by atoms with E-state index in [-0.39, 0.29) is 38.7 Å². The van der Waals surface area contributed by atoms with E-state index in [2.05, 4.69) is 10.6 Å². The molecule has 0 radical (unpaired) electrons. The van der Waals surface area contributed by atoms with Crippen molar-refractivity contribution >= 4 is 28.3 Å². The summed E-state index contributed by atoms with van der Waals surface area (Å²) in [6, 6.07) is 12.3. The first-order chi connectivity index (χ1) is 12.1. The molecule has 1 amide bonds. The number of aliphatic hydroxyl groups excluding tert-OH is 1. The van der Waals surface area contributed by atoms with E-state index in [1.165, 1.54) is 0 Å². The first-order valence-corrected chi connectivity index (χ1v) is 8.03. The number of ether oxygens (including phenoxy) is 1. The van der Waals surface area contributed by atoms with Crippen LogP contribution in [0.3, 0.4) is 0 Å². The number of nitrogens with one attached hydrogen (secondary N) is 2. The lowest BCUT2D eigenvalue weighted by atomic mass is 10.1. The molecule has 7 heteroatoms. The van der Waals surface area contributed by atoms with E-state index >= 15 is 0 Å². The number of benzene rings is 2. The standard InChI is InChI=1S/C18H22N2O5/c21-8-10-25-9-7-19-16(18(23)24)12-17(22)20-15-6-5-13-3-1-2-4-14(13)11-15/h1-6,11,16,19,21H,7-10,12H2,(H,20,22)(H,23,24). The minimum atomic E-state index is -1.10. The van der Waals surface area contributed by atoms with Gasteiger partial charge >= 0.3 is 5.97 Å². The van der Waals surface area contributed by atoms with Crippen molar-refractivity contribution in [3.63, 3.8) is 0 Å². The maximum atomic E-state index is 12.1. The quantitative estimate of drug-likeness (QED) is 0.482. The van der Waals surface area contributed by atoms with Crippen LogP contribution in [-0.2, 0) is 14.3 Å². The number of amides is 1. The Morgan fingerprint density at radius 2 is 1.84 bits per heavy atom. The Labute approximate surface area is 145 Å². The summed E-state index contributed by atoms with van der Waals surface area (Å²) in [5.41, 5.74) is 0.624. The third-order valence-electron chi connectivity index (χ3n) is 3.59. The molecule has 2 aromatic rings. The van der Waals surface area contributed by atoms with Crippen LogP contribution < -0.4 is 10.6 Å². The molecule has 0 aromatic heterocycles. The second-order valence-electron chi connectivity index (χ2n) is 5.50. The fourth-order valence-electron chi connectivity index (χ4n) is 2.38. The topological polar surface area (TPSA) is 108 Å². The highest BCUT2D eigenvalue weighted by Gasteiger charge is 2.20. The van der Waals surface area contributed by atoms with Gasteiger partial charge in [0.1, 0.15) is 6.04 Å². The number of hydrogen-bond donors (Lipinski definition) is 4. The Bertz CT molecular complexity index is 719. The summed E-state index contributed by atoms with van der Waals surface area (Å²) in [6.45, 7) is 0.648. The summed E-state index contributed by atoms with van der Waals surface area (Å²) >= 11 is 0. The number of hydrogen-bond acceptors (Lipinski definition) is 5. The number of aliphatic hydroxyl groups is 1. The molecule has 7 nitrogen and oxygen atoms in total. The number of carboxylic acid groups (broad SMARTS) is 1. The van der Waals surface area contributed by atoms with Gasteiger partial charge < -0.3 is 25.6 Å². The molecule has 0 spiro atoms. The number of carbonyl (C=O) groups is 2. The second kappa shape index (κ2) is 9.73. The Balaban J connectivity index is 1.87. The van der Waals surface area contributed by atoms with Gasteiger partial charge in [0.15, 0.2) is 0 Å². The van der Waals surface area contributed by atoms with Crippen molar-refractivity contribution in [2.75, 3.05) is 31.7 Å². The van der Waals surface area contributed by atoms with Crippen LogP contribution in [0.2, 0.25) is 0 Å². The van der Waals surface area contributed by atoms with E-state index in [0.29, 0.717) is 5.69 Å². The van der Waals surface area contributed by atoms with Crippen LogP contribution in [0, 0.1) is 0 Å². The highest BCUT2D eigenvalue weighted by atomic mass is 16.5. The zero-order valence-corrected chi connectivity index (χ0v) is 13.8. The summed E-state index contributed by atoms with van der Waals surface area (Å²) < 4.78 is 5.05. The van der Waals surface area contributed by atoms with Crippen LogP contribution >= 0.6 is 0 Å². The normalized spacial score (nSPS) is 12.0. The predicted octanol–water partition coefficient (Wildman–Crippen LogP) is 1.22. The largest absolute Gasteiger partial charge is 0.480 e. The molecule has 0 saturated heterocycles. The fraction of sp³-hybridized carbons (Fsp3) is 0.333. The molecule has 25 heavy (non-hydrogen) atoms. The Kier molecular flexibility index (Phi) is 7.34. The number of carboxylic acids is 1. The minimum absolute atomic E-state index is 0.0868. The zero-order valence-electron chi connectivity index (χ0n) is 13.8. The molecule has 0 heterocycles. The summed E-state index contributed by atoms with van der Waals surface area (Å²) in [4.78, 5) is 23.4. The molecule has 1 atom stereocenters. The SMILES string of the molecule is O=C(CC(NCCOCCO)C(=O)O)Nc1ccc2ccccc2c1. The molecule has 4 N–H and O–H groups in total. The number of carbonyl (C=O) groups excluding carboxylic acids is 1. The second-order valence-corrected chi connectivity index (χ2v) is 5.50. The molecule has 0 saturated carbocycles. The lowest BCUT2D eigenvalue weighted by Gasteiger charge is -2.14. The summed E-state index contributed by atoms with van der Waals surface area (Å²) in [5, 5.41) is 25.3. The van der Waals surface area contributed by atoms with Crippen LogP contribution in [0.5, 0.6) is 0 Å². The van der Waals surface area contributed by atoms with Crippen LogP contribution in [0.15, 0.2) is 42.5 Å². The van der Waals surface area contributed by atoms with Gasteiger partial charge in [0, 0.05) is 12.2 Å². The molecule has 0 aliphatic rings. The van der Waals surface area contributed by atoms with E-state index < -0.39 is 12.0 Å². The number of anilines is 1. The van der Waals surface area contributed by atoms with Gasteiger partial charge in [-0.05, 0) is 22.9 Å². The van der Waals surface area contributed by atoms with Gasteiger partial charge in [-0.1, -0.05) is 30.3 Å². The number of fused-ring (bicyclic) bond motifs is 1. The Morgan fingerprint density at radius 3 is 2.56 bits per heavy atom. The Morgan fingerprint density at radius 1 is 1.08 bits per heavy atom. The van der Waals surface area contributed by atoms with Crippen LogP contribution in [0.1, 0.15) is 6.42 Å². The summed E-state index contributed by atoms with van der Waals surface area (Å²) in [7, 11) is 0. The van der Waals surface area contributed by atoms with E-state index in [9.17, 15) is 14.7 Å². The van der Waals surface area contributed by atoms with Crippen LogP contribution in [-0.4, -0.2) is 54.5 Å². The molecule has 0 aliphatic carbocycles. The lowest BCUT2D eigenvalue weighted by molar-refractivity contribution is -0.141.